The lowest BCUT2D eigenvalue weighted by Gasteiger charge is -2.08. The third kappa shape index (κ3) is 4.02. The lowest BCUT2D eigenvalue weighted by atomic mass is 10.1. The molecule has 0 amide bonds. The SMILES string of the molecule is Cc1ccc(Cl)cc1CNc1nc(=NC2CC2)n2ncc(=Cc3[nH]c(=O)[nH]c3O)c2n1. The Morgan fingerprint density at radius 3 is 2.94 bits per heavy atom. The molecule has 0 unspecified atom stereocenters. The van der Waals surface area contributed by atoms with E-state index in [4.69, 9.17) is 11.6 Å². The van der Waals surface area contributed by atoms with E-state index in [1.807, 2.05) is 25.1 Å². The van der Waals surface area contributed by atoms with Gasteiger partial charge in [0.2, 0.25) is 11.8 Å². The van der Waals surface area contributed by atoms with Crippen molar-refractivity contribution in [1.29, 1.82) is 0 Å². The van der Waals surface area contributed by atoms with E-state index in [1.165, 1.54) is 0 Å². The van der Waals surface area contributed by atoms with Crippen LogP contribution in [0.1, 0.15) is 29.7 Å². The summed E-state index contributed by atoms with van der Waals surface area (Å²) in [5.74, 6) is 0.143. The summed E-state index contributed by atoms with van der Waals surface area (Å²) in [4.78, 5) is 30.0. The number of H-pyrrole nitrogens is 2. The maximum Gasteiger partial charge on any atom is 0.326 e. The fourth-order valence-electron chi connectivity index (χ4n) is 3.16. The van der Waals surface area contributed by atoms with Crippen molar-refractivity contribution in [2.24, 2.45) is 4.99 Å². The molecule has 0 spiro atoms. The van der Waals surface area contributed by atoms with Crippen molar-refractivity contribution in [3.8, 4) is 5.88 Å². The summed E-state index contributed by atoms with van der Waals surface area (Å²) in [6.45, 7) is 2.50. The van der Waals surface area contributed by atoms with Gasteiger partial charge in [0.25, 0.3) is 5.62 Å². The topological polar surface area (TPSA) is 136 Å². The summed E-state index contributed by atoms with van der Waals surface area (Å²) in [6.07, 6.45) is 5.23. The molecule has 3 heterocycles. The zero-order valence-corrected chi connectivity index (χ0v) is 17.3. The number of fused-ring (bicyclic) bond motifs is 1. The normalized spacial score (nSPS) is 15.2. The van der Waals surface area contributed by atoms with E-state index in [0.717, 1.165) is 24.0 Å². The molecule has 1 saturated carbocycles. The van der Waals surface area contributed by atoms with Gasteiger partial charge in [-0.15, -0.1) is 0 Å². The molecule has 10 nitrogen and oxygen atoms in total. The van der Waals surface area contributed by atoms with Crippen LogP contribution in [0.15, 0.2) is 34.2 Å². The van der Waals surface area contributed by atoms with Crippen molar-refractivity contribution in [1.82, 2.24) is 29.5 Å². The van der Waals surface area contributed by atoms with Gasteiger partial charge in [-0.3, -0.25) is 4.98 Å². The molecule has 31 heavy (non-hydrogen) atoms. The van der Waals surface area contributed by atoms with Crippen molar-refractivity contribution in [2.45, 2.75) is 32.4 Å². The van der Waals surface area contributed by atoms with E-state index in [-0.39, 0.29) is 17.6 Å². The van der Waals surface area contributed by atoms with Crippen LogP contribution >= 0.6 is 11.6 Å². The number of aryl methyl sites for hydroxylation is 1. The van der Waals surface area contributed by atoms with Crippen LogP contribution in [-0.4, -0.2) is 40.7 Å². The number of aromatic hydroxyl groups is 1. The summed E-state index contributed by atoms with van der Waals surface area (Å²) >= 11 is 6.13. The number of rotatable bonds is 5. The molecule has 1 aliphatic rings. The fraction of sp³-hybridized carbons (Fsp3) is 0.250. The van der Waals surface area contributed by atoms with E-state index in [0.29, 0.717) is 34.0 Å². The second-order valence-corrected chi connectivity index (χ2v) is 7.89. The number of benzene rings is 1. The van der Waals surface area contributed by atoms with Crippen LogP contribution in [0, 0.1) is 6.92 Å². The van der Waals surface area contributed by atoms with Crippen LogP contribution in [0.5, 0.6) is 5.88 Å². The molecule has 0 atom stereocenters. The maximum absolute atomic E-state index is 11.4. The quantitative estimate of drug-likeness (QED) is 0.367. The number of aromatic amines is 2. The minimum atomic E-state index is -0.501. The Balaban J connectivity index is 1.59. The molecule has 4 N–H and O–H groups in total. The van der Waals surface area contributed by atoms with Crippen molar-refractivity contribution < 1.29 is 5.11 Å². The molecule has 0 bridgehead atoms. The van der Waals surface area contributed by atoms with E-state index < -0.39 is 5.69 Å². The Bertz CT molecular complexity index is 1460. The fourth-order valence-corrected chi connectivity index (χ4v) is 3.36. The molecule has 0 saturated heterocycles. The molecule has 4 aromatic rings. The number of imidazole rings is 1. The highest BCUT2D eigenvalue weighted by Gasteiger charge is 2.21. The highest BCUT2D eigenvalue weighted by atomic mass is 35.5. The van der Waals surface area contributed by atoms with Gasteiger partial charge in [-0.1, -0.05) is 17.7 Å². The Labute approximate surface area is 180 Å². The smallest absolute Gasteiger partial charge is 0.326 e. The van der Waals surface area contributed by atoms with Gasteiger partial charge in [0.15, 0.2) is 5.65 Å². The lowest BCUT2D eigenvalue weighted by Crippen LogP contribution is -2.24. The molecule has 0 radical (unpaired) electrons. The van der Waals surface area contributed by atoms with Crippen LogP contribution in [0.4, 0.5) is 5.95 Å². The third-order valence-corrected chi connectivity index (χ3v) is 5.24. The zero-order valence-electron chi connectivity index (χ0n) is 16.6. The third-order valence-electron chi connectivity index (χ3n) is 5.01. The zero-order chi connectivity index (χ0) is 21.5. The monoisotopic (exact) mass is 438 g/mol. The average Bonchev–Trinajstić information content (AvgIpc) is 3.37. The van der Waals surface area contributed by atoms with E-state index in [2.05, 4.69) is 35.3 Å². The van der Waals surface area contributed by atoms with Crippen LogP contribution in [0.3, 0.4) is 0 Å². The van der Waals surface area contributed by atoms with Crippen LogP contribution in [0.2, 0.25) is 5.02 Å². The molecule has 1 aromatic carbocycles. The van der Waals surface area contributed by atoms with Gasteiger partial charge in [-0.05, 0) is 49.1 Å². The first-order valence-corrected chi connectivity index (χ1v) is 10.2. The molecular formula is C20H19ClN8O2. The summed E-state index contributed by atoms with van der Waals surface area (Å²) < 4.78 is 1.56. The molecular weight excluding hydrogens is 420 g/mol. The summed E-state index contributed by atoms with van der Waals surface area (Å²) in [5.41, 5.74) is 2.82. The number of aromatic nitrogens is 6. The molecule has 158 valence electrons. The number of halogens is 1. The minimum Gasteiger partial charge on any atom is -0.493 e. The van der Waals surface area contributed by atoms with Crippen molar-refractivity contribution in [2.75, 3.05) is 5.32 Å². The van der Waals surface area contributed by atoms with Crippen LogP contribution in [-0.2, 0) is 6.54 Å². The Hall–Kier alpha value is -3.66. The summed E-state index contributed by atoms with van der Waals surface area (Å²) in [6, 6.07) is 5.96. The average molecular weight is 439 g/mol. The van der Waals surface area contributed by atoms with Gasteiger partial charge < -0.3 is 15.4 Å². The Morgan fingerprint density at radius 2 is 2.19 bits per heavy atom. The molecule has 5 rings (SSSR count). The van der Waals surface area contributed by atoms with Crippen molar-refractivity contribution in [3.63, 3.8) is 0 Å². The summed E-state index contributed by atoms with van der Waals surface area (Å²) in [5, 5.41) is 18.7. The van der Waals surface area contributed by atoms with Gasteiger partial charge >= 0.3 is 5.69 Å². The van der Waals surface area contributed by atoms with Gasteiger partial charge in [0.1, 0.15) is 5.69 Å². The Morgan fingerprint density at radius 1 is 1.35 bits per heavy atom. The van der Waals surface area contributed by atoms with Crippen molar-refractivity contribution in [3.05, 3.63) is 67.6 Å². The molecule has 3 aromatic heterocycles. The number of anilines is 1. The number of nitrogens with zero attached hydrogens (tertiary/aromatic N) is 5. The van der Waals surface area contributed by atoms with E-state index >= 15 is 0 Å². The molecule has 11 heteroatoms. The second-order valence-electron chi connectivity index (χ2n) is 7.45. The summed E-state index contributed by atoms with van der Waals surface area (Å²) in [7, 11) is 0. The molecule has 1 aliphatic carbocycles. The predicted octanol–water partition coefficient (Wildman–Crippen LogP) is 1.03. The largest absolute Gasteiger partial charge is 0.493 e. The minimum absolute atomic E-state index is 0.239. The van der Waals surface area contributed by atoms with Gasteiger partial charge in [0, 0.05) is 16.8 Å². The maximum atomic E-state index is 11.4. The Kier molecular flexibility index (Phi) is 4.70. The van der Waals surface area contributed by atoms with Crippen LogP contribution in [0.25, 0.3) is 11.7 Å². The second kappa shape index (κ2) is 7.55. The lowest BCUT2D eigenvalue weighted by molar-refractivity contribution is 0.454. The first-order valence-electron chi connectivity index (χ1n) is 9.78. The van der Waals surface area contributed by atoms with Gasteiger partial charge in [-0.2, -0.15) is 19.6 Å². The highest BCUT2D eigenvalue weighted by Crippen LogP contribution is 2.22. The highest BCUT2D eigenvalue weighted by molar-refractivity contribution is 6.30. The van der Waals surface area contributed by atoms with Gasteiger partial charge in [0.05, 0.1) is 12.2 Å². The van der Waals surface area contributed by atoms with Crippen LogP contribution < -0.4 is 21.8 Å². The first-order chi connectivity index (χ1) is 15.0. The number of nitrogens with one attached hydrogen (secondary N) is 3. The molecule has 0 aliphatic heterocycles. The molecule has 1 fully saturated rings. The first kappa shape index (κ1) is 19.3. The number of hydrogen-bond acceptors (Lipinski definition) is 7. The predicted molar refractivity (Wildman–Crippen MR) is 115 cm³/mol. The van der Waals surface area contributed by atoms with Crippen molar-refractivity contribution >= 4 is 29.3 Å². The van der Waals surface area contributed by atoms with E-state index in [9.17, 15) is 9.90 Å². The van der Waals surface area contributed by atoms with E-state index in [1.54, 1.807) is 16.8 Å². The standard InChI is InChI=1S/C20H19ClN8O2/c1-10-2-3-13(21)6-11(10)8-22-18-26-16-12(7-15-17(30)27-20(31)25-15)9-23-29(16)19(28-18)24-14-4-5-14/h2-3,6-7,9,14,30H,4-5,8H2,1H3,(H,22,24,28)(H2,25,27,31). The number of hydrogen-bond donors (Lipinski definition) is 4. The van der Waals surface area contributed by atoms with Gasteiger partial charge in [-0.25, -0.2) is 9.79 Å².